The molecule has 1 saturated carbocycles. The Hall–Kier alpha value is -1.43. The highest BCUT2D eigenvalue weighted by atomic mass is 16.3. The minimum absolute atomic E-state index is 0.0320. The van der Waals surface area contributed by atoms with Crippen LogP contribution in [0.2, 0.25) is 0 Å². The van der Waals surface area contributed by atoms with Gasteiger partial charge in [0.1, 0.15) is 11.6 Å². The summed E-state index contributed by atoms with van der Waals surface area (Å²) in [4.78, 5) is 18.9. The third-order valence-electron chi connectivity index (χ3n) is 4.13. The lowest BCUT2D eigenvalue weighted by Crippen LogP contribution is -2.40. The van der Waals surface area contributed by atoms with E-state index in [1.54, 1.807) is 4.68 Å². The van der Waals surface area contributed by atoms with Crippen molar-refractivity contribution >= 4 is 5.91 Å². The number of hydrogen-bond donors (Lipinski definition) is 1. The molecule has 1 aromatic heterocycles. The third kappa shape index (κ3) is 2.57. The number of amides is 1. The van der Waals surface area contributed by atoms with Gasteiger partial charge in [-0.2, -0.15) is 5.10 Å². The second-order valence-electron chi connectivity index (χ2n) is 5.78. The summed E-state index contributed by atoms with van der Waals surface area (Å²) in [7, 11) is 0. The van der Waals surface area contributed by atoms with Gasteiger partial charge in [-0.25, -0.2) is 9.67 Å². The maximum atomic E-state index is 12.4. The zero-order valence-electron chi connectivity index (χ0n) is 12.0. The van der Waals surface area contributed by atoms with Gasteiger partial charge in [-0.05, 0) is 39.0 Å². The van der Waals surface area contributed by atoms with Gasteiger partial charge in [0.05, 0.1) is 19.2 Å². The molecule has 110 valence electrons. The van der Waals surface area contributed by atoms with Crippen LogP contribution < -0.4 is 0 Å². The molecular formula is C14H22N4O2. The van der Waals surface area contributed by atoms with E-state index in [1.807, 2.05) is 11.8 Å². The summed E-state index contributed by atoms with van der Waals surface area (Å²) in [5.74, 6) is 2.07. The number of carbonyl (C=O) groups excluding carboxylic acids is 1. The first-order valence-electron chi connectivity index (χ1n) is 7.53. The molecule has 6 nitrogen and oxygen atoms in total. The standard InChI is InChI=1S/C14H22N4O2/c1-10-15-13(18(16-10)8-9-19)12-4-2-3-7-17(12)14(20)11-5-6-11/h11-12,19H,2-9H2,1H3. The Morgan fingerprint density at radius 3 is 2.85 bits per heavy atom. The molecule has 1 N–H and O–H groups in total. The van der Waals surface area contributed by atoms with Crippen LogP contribution in [-0.4, -0.2) is 43.8 Å². The van der Waals surface area contributed by atoms with Crippen molar-refractivity contribution in [3.8, 4) is 0 Å². The Balaban J connectivity index is 1.86. The van der Waals surface area contributed by atoms with Gasteiger partial charge in [-0.3, -0.25) is 4.79 Å². The maximum Gasteiger partial charge on any atom is 0.226 e. The van der Waals surface area contributed by atoms with Crippen molar-refractivity contribution in [3.63, 3.8) is 0 Å². The van der Waals surface area contributed by atoms with Gasteiger partial charge in [0.25, 0.3) is 0 Å². The van der Waals surface area contributed by atoms with Gasteiger partial charge in [0.2, 0.25) is 5.91 Å². The summed E-state index contributed by atoms with van der Waals surface area (Å²) in [6, 6.07) is 0.0320. The number of aromatic nitrogens is 3. The van der Waals surface area contributed by atoms with E-state index in [-0.39, 0.29) is 24.5 Å². The topological polar surface area (TPSA) is 71.2 Å². The van der Waals surface area contributed by atoms with Crippen LogP contribution in [-0.2, 0) is 11.3 Å². The van der Waals surface area contributed by atoms with Gasteiger partial charge >= 0.3 is 0 Å². The number of rotatable bonds is 4. The summed E-state index contributed by atoms with van der Waals surface area (Å²) < 4.78 is 1.76. The van der Waals surface area contributed by atoms with Crippen molar-refractivity contribution < 1.29 is 9.90 Å². The van der Waals surface area contributed by atoms with E-state index in [0.717, 1.165) is 44.5 Å². The number of aliphatic hydroxyl groups excluding tert-OH is 1. The average Bonchev–Trinajstić information content (AvgIpc) is 3.23. The predicted molar refractivity (Wildman–Crippen MR) is 72.9 cm³/mol. The lowest BCUT2D eigenvalue weighted by atomic mass is 10.0. The molecule has 1 aromatic rings. The monoisotopic (exact) mass is 278 g/mol. The summed E-state index contributed by atoms with van der Waals surface area (Å²) in [5, 5.41) is 13.5. The summed E-state index contributed by atoms with van der Waals surface area (Å²) in [5.41, 5.74) is 0. The molecule has 3 rings (SSSR count). The molecule has 0 aromatic carbocycles. The van der Waals surface area contributed by atoms with E-state index in [0.29, 0.717) is 12.4 Å². The first kappa shape index (κ1) is 13.5. The van der Waals surface area contributed by atoms with Gasteiger partial charge in [-0.1, -0.05) is 0 Å². The lowest BCUT2D eigenvalue weighted by molar-refractivity contribution is -0.136. The van der Waals surface area contributed by atoms with Crippen LogP contribution in [0.4, 0.5) is 0 Å². The maximum absolute atomic E-state index is 12.4. The smallest absolute Gasteiger partial charge is 0.226 e. The normalized spacial score (nSPS) is 23.1. The molecule has 1 aliphatic carbocycles. The molecule has 0 radical (unpaired) electrons. The van der Waals surface area contributed by atoms with Crippen LogP contribution in [0, 0.1) is 12.8 Å². The van der Waals surface area contributed by atoms with Crippen LogP contribution >= 0.6 is 0 Å². The fourth-order valence-electron chi connectivity index (χ4n) is 3.01. The number of hydrogen-bond acceptors (Lipinski definition) is 4. The second-order valence-corrected chi connectivity index (χ2v) is 5.78. The minimum Gasteiger partial charge on any atom is -0.394 e. The Morgan fingerprint density at radius 2 is 2.15 bits per heavy atom. The fourth-order valence-corrected chi connectivity index (χ4v) is 3.01. The Bertz CT molecular complexity index is 495. The molecule has 1 amide bonds. The lowest BCUT2D eigenvalue weighted by Gasteiger charge is -2.35. The number of aryl methyl sites for hydroxylation is 1. The number of nitrogens with zero attached hydrogens (tertiary/aromatic N) is 4. The highest BCUT2D eigenvalue weighted by Gasteiger charge is 2.39. The zero-order chi connectivity index (χ0) is 14.1. The van der Waals surface area contributed by atoms with Crippen LogP contribution in [0.1, 0.15) is 49.8 Å². The first-order chi connectivity index (χ1) is 9.70. The number of piperidine rings is 1. The van der Waals surface area contributed by atoms with Crippen LogP contribution in [0.15, 0.2) is 0 Å². The molecule has 20 heavy (non-hydrogen) atoms. The van der Waals surface area contributed by atoms with Crippen LogP contribution in [0.25, 0.3) is 0 Å². The Labute approximate surface area is 118 Å². The van der Waals surface area contributed by atoms with E-state index in [4.69, 9.17) is 5.11 Å². The van der Waals surface area contributed by atoms with Crippen molar-refractivity contribution in [2.24, 2.45) is 5.92 Å². The number of aliphatic hydroxyl groups is 1. The van der Waals surface area contributed by atoms with Gasteiger partial charge in [0, 0.05) is 12.5 Å². The molecule has 6 heteroatoms. The van der Waals surface area contributed by atoms with Gasteiger partial charge in [0.15, 0.2) is 0 Å². The fraction of sp³-hybridized carbons (Fsp3) is 0.786. The van der Waals surface area contributed by atoms with E-state index >= 15 is 0 Å². The quantitative estimate of drug-likeness (QED) is 0.893. The van der Waals surface area contributed by atoms with Gasteiger partial charge in [-0.15, -0.1) is 0 Å². The van der Waals surface area contributed by atoms with Gasteiger partial charge < -0.3 is 10.0 Å². The van der Waals surface area contributed by atoms with E-state index in [2.05, 4.69) is 10.1 Å². The molecule has 2 aliphatic rings. The Morgan fingerprint density at radius 1 is 1.35 bits per heavy atom. The van der Waals surface area contributed by atoms with E-state index in [1.165, 1.54) is 0 Å². The molecule has 0 bridgehead atoms. The molecule has 1 saturated heterocycles. The highest BCUT2D eigenvalue weighted by molar-refractivity contribution is 5.81. The molecule has 1 unspecified atom stereocenters. The largest absolute Gasteiger partial charge is 0.394 e. The van der Waals surface area contributed by atoms with E-state index in [9.17, 15) is 4.79 Å². The van der Waals surface area contributed by atoms with Crippen molar-refractivity contribution in [2.45, 2.75) is 51.6 Å². The average molecular weight is 278 g/mol. The van der Waals surface area contributed by atoms with E-state index < -0.39 is 0 Å². The molecular weight excluding hydrogens is 256 g/mol. The number of carbonyl (C=O) groups is 1. The highest BCUT2D eigenvalue weighted by Crippen LogP contribution is 2.37. The number of likely N-dealkylation sites (tertiary alicyclic amines) is 1. The predicted octanol–water partition coefficient (Wildman–Crippen LogP) is 1.04. The van der Waals surface area contributed by atoms with Crippen LogP contribution in [0.5, 0.6) is 0 Å². The minimum atomic E-state index is 0.0320. The molecule has 2 heterocycles. The first-order valence-corrected chi connectivity index (χ1v) is 7.53. The summed E-state index contributed by atoms with van der Waals surface area (Å²) in [6.07, 6.45) is 5.20. The molecule has 1 aliphatic heterocycles. The van der Waals surface area contributed by atoms with Crippen LogP contribution in [0.3, 0.4) is 0 Å². The van der Waals surface area contributed by atoms with Crippen molar-refractivity contribution in [1.29, 1.82) is 0 Å². The second kappa shape index (κ2) is 5.52. The third-order valence-corrected chi connectivity index (χ3v) is 4.13. The molecule has 1 atom stereocenters. The van der Waals surface area contributed by atoms with Crippen molar-refractivity contribution in [2.75, 3.05) is 13.2 Å². The van der Waals surface area contributed by atoms with Crippen molar-refractivity contribution in [1.82, 2.24) is 19.7 Å². The molecule has 0 spiro atoms. The zero-order valence-corrected chi connectivity index (χ0v) is 12.0. The molecule has 2 fully saturated rings. The van der Waals surface area contributed by atoms with Crippen molar-refractivity contribution in [3.05, 3.63) is 11.6 Å². The SMILES string of the molecule is Cc1nc(C2CCCCN2C(=O)C2CC2)n(CCO)n1. The summed E-state index contributed by atoms with van der Waals surface area (Å²) >= 11 is 0. The Kier molecular flexibility index (Phi) is 3.74. The summed E-state index contributed by atoms with van der Waals surface area (Å²) in [6.45, 7) is 3.16.